The normalized spacial score (nSPS) is 11.0. The maximum Gasteiger partial charge on any atom is 0.257 e. The van der Waals surface area contributed by atoms with E-state index in [1.165, 1.54) is 0 Å². The standard InChI is InChI=1S/C19H21N5O2/c1-11(2)24-17-13(10-21-24)9-15(12(3)22-17)19(26)23-16-8-6-5-7-14(16)18(25)20-4/h5-11H,1-4H3,(H,20,25)(H,23,26). The van der Waals surface area contributed by atoms with Crippen LogP contribution < -0.4 is 10.6 Å². The monoisotopic (exact) mass is 351 g/mol. The molecule has 0 aliphatic carbocycles. The van der Waals surface area contributed by atoms with Crippen molar-refractivity contribution in [1.82, 2.24) is 20.1 Å². The maximum absolute atomic E-state index is 12.8. The number of anilines is 1. The number of aryl methyl sites for hydroxylation is 1. The Hall–Kier alpha value is -3.22. The van der Waals surface area contributed by atoms with Crippen LogP contribution >= 0.6 is 0 Å². The summed E-state index contributed by atoms with van der Waals surface area (Å²) in [6, 6.07) is 8.83. The lowest BCUT2D eigenvalue weighted by atomic mass is 10.1. The zero-order valence-electron chi connectivity index (χ0n) is 15.2. The van der Waals surface area contributed by atoms with Crippen LogP contribution in [0.3, 0.4) is 0 Å². The average Bonchev–Trinajstić information content (AvgIpc) is 3.03. The second kappa shape index (κ2) is 6.95. The van der Waals surface area contributed by atoms with E-state index in [1.54, 1.807) is 50.5 Å². The topological polar surface area (TPSA) is 88.9 Å². The molecule has 0 bridgehead atoms. The van der Waals surface area contributed by atoms with E-state index in [0.29, 0.717) is 22.5 Å². The number of para-hydroxylation sites is 1. The first-order valence-electron chi connectivity index (χ1n) is 8.39. The van der Waals surface area contributed by atoms with Crippen LogP contribution in [0.25, 0.3) is 11.0 Å². The fourth-order valence-electron chi connectivity index (χ4n) is 2.79. The van der Waals surface area contributed by atoms with Gasteiger partial charge >= 0.3 is 0 Å². The molecule has 7 nitrogen and oxygen atoms in total. The van der Waals surface area contributed by atoms with E-state index in [1.807, 2.05) is 18.5 Å². The molecule has 1 aromatic carbocycles. The van der Waals surface area contributed by atoms with Crippen LogP contribution in [0.4, 0.5) is 5.69 Å². The second-order valence-electron chi connectivity index (χ2n) is 6.30. The van der Waals surface area contributed by atoms with Gasteiger partial charge in [-0.2, -0.15) is 5.10 Å². The number of carbonyl (C=O) groups excluding carboxylic acids is 2. The minimum Gasteiger partial charge on any atom is -0.355 e. The summed E-state index contributed by atoms with van der Waals surface area (Å²) in [6.07, 6.45) is 1.71. The third kappa shape index (κ3) is 3.15. The van der Waals surface area contributed by atoms with Crippen LogP contribution in [0.1, 0.15) is 46.3 Å². The van der Waals surface area contributed by atoms with Crippen molar-refractivity contribution >= 4 is 28.5 Å². The van der Waals surface area contributed by atoms with E-state index < -0.39 is 0 Å². The summed E-state index contributed by atoms with van der Waals surface area (Å²) in [5.74, 6) is -0.574. The minimum absolute atomic E-state index is 0.179. The zero-order valence-corrected chi connectivity index (χ0v) is 15.2. The molecule has 0 spiro atoms. The Labute approximate surface area is 151 Å². The number of nitrogens with one attached hydrogen (secondary N) is 2. The lowest BCUT2D eigenvalue weighted by Gasteiger charge is -2.12. The van der Waals surface area contributed by atoms with Crippen molar-refractivity contribution in [2.75, 3.05) is 12.4 Å². The number of benzene rings is 1. The number of hydrogen-bond acceptors (Lipinski definition) is 4. The van der Waals surface area contributed by atoms with Crippen LogP contribution in [0.15, 0.2) is 36.5 Å². The number of rotatable bonds is 4. The summed E-state index contributed by atoms with van der Waals surface area (Å²) in [6.45, 7) is 5.84. The Morgan fingerprint density at radius 1 is 1.12 bits per heavy atom. The predicted molar refractivity (Wildman–Crippen MR) is 100 cm³/mol. The van der Waals surface area contributed by atoms with Crippen molar-refractivity contribution < 1.29 is 9.59 Å². The molecule has 0 radical (unpaired) electrons. The van der Waals surface area contributed by atoms with Crippen LogP contribution in [0.5, 0.6) is 0 Å². The van der Waals surface area contributed by atoms with Gasteiger partial charge in [-0.15, -0.1) is 0 Å². The van der Waals surface area contributed by atoms with Gasteiger partial charge in [0.25, 0.3) is 11.8 Å². The molecule has 0 atom stereocenters. The highest BCUT2D eigenvalue weighted by atomic mass is 16.2. The molecule has 26 heavy (non-hydrogen) atoms. The van der Waals surface area contributed by atoms with Gasteiger partial charge in [-0.05, 0) is 39.0 Å². The highest BCUT2D eigenvalue weighted by Gasteiger charge is 2.17. The average molecular weight is 351 g/mol. The summed E-state index contributed by atoms with van der Waals surface area (Å²) in [4.78, 5) is 29.3. The van der Waals surface area contributed by atoms with Crippen LogP contribution in [-0.4, -0.2) is 33.6 Å². The maximum atomic E-state index is 12.8. The van der Waals surface area contributed by atoms with Crippen LogP contribution in [-0.2, 0) is 0 Å². The third-order valence-corrected chi connectivity index (χ3v) is 4.14. The summed E-state index contributed by atoms with van der Waals surface area (Å²) >= 11 is 0. The van der Waals surface area contributed by atoms with Crippen molar-refractivity contribution in [3.8, 4) is 0 Å². The van der Waals surface area contributed by atoms with Crippen molar-refractivity contribution in [2.24, 2.45) is 0 Å². The van der Waals surface area contributed by atoms with Gasteiger partial charge in [-0.25, -0.2) is 9.67 Å². The largest absolute Gasteiger partial charge is 0.355 e. The van der Waals surface area contributed by atoms with E-state index in [0.717, 1.165) is 11.0 Å². The molecule has 0 unspecified atom stereocenters. The van der Waals surface area contributed by atoms with Crippen molar-refractivity contribution in [2.45, 2.75) is 26.8 Å². The summed E-state index contributed by atoms with van der Waals surface area (Å²) in [7, 11) is 1.55. The van der Waals surface area contributed by atoms with Gasteiger partial charge in [0.1, 0.15) is 0 Å². The van der Waals surface area contributed by atoms with Gasteiger partial charge < -0.3 is 10.6 Å². The number of amides is 2. The third-order valence-electron chi connectivity index (χ3n) is 4.14. The first-order valence-corrected chi connectivity index (χ1v) is 8.39. The van der Waals surface area contributed by atoms with Gasteiger partial charge in [0.05, 0.1) is 28.7 Å². The molecule has 0 fully saturated rings. The van der Waals surface area contributed by atoms with E-state index in [-0.39, 0.29) is 17.9 Å². The minimum atomic E-state index is -0.314. The van der Waals surface area contributed by atoms with Crippen LogP contribution in [0.2, 0.25) is 0 Å². The molecule has 0 aliphatic heterocycles. The fourth-order valence-corrected chi connectivity index (χ4v) is 2.79. The van der Waals surface area contributed by atoms with E-state index in [4.69, 9.17) is 0 Å². The molecule has 3 aromatic rings. The lowest BCUT2D eigenvalue weighted by molar-refractivity contribution is 0.0964. The number of carbonyl (C=O) groups is 2. The Balaban J connectivity index is 1.96. The molecule has 0 saturated heterocycles. The number of aromatic nitrogens is 3. The van der Waals surface area contributed by atoms with Crippen molar-refractivity contribution in [3.63, 3.8) is 0 Å². The van der Waals surface area contributed by atoms with Crippen LogP contribution in [0, 0.1) is 6.92 Å². The Bertz CT molecular complexity index is 991. The molecule has 2 aromatic heterocycles. The first kappa shape index (κ1) is 17.6. The predicted octanol–water partition coefficient (Wildman–Crippen LogP) is 2.93. The number of hydrogen-bond donors (Lipinski definition) is 2. The second-order valence-corrected chi connectivity index (χ2v) is 6.30. The first-order chi connectivity index (χ1) is 12.4. The Kier molecular flexibility index (Phi) is 4.71. The Morgan fingerprint density at radius 2 is 1.85 bits per heavy atom. The highest BCUT2D eigenvalue weighted by Crippen LogP contribution is 2.21. The SMILES string of the molecule is CNC(=O)c1ccccc1NC(=O)c1cc2cnn(C(C)C)c2nc1C. The van der Waals surface area contributed by atoms with Crippen molar-refractivity contribution in [1.29, 1.82) is 0 Å². The van der Waals surface area contributed by atoms with Gasteiger partial charge in [0.15, 0.2) is 5.65 Å². The summed E-state index contributed by atoms with van der Waals surface area (Å²) in [5.41, 5.74) is 2.67. The van der Waals surface area contributed by atoms with Gasteiger partial charge in [-0.1, -0.05) is 12.1 Å². The van der Waals surface area contributed by atoms with E-state index in [9.17, 15) is 9.59 Å². The number of pyridine rings is 1. The van der Waals surface area contributed by atoms with Gasteiger partial charge in [0, 0.05) is 18.5 Å². The molecule has 0 saturated carbocycles. The molecule has 3 rings (SSSR count). The molecule has 2 heterocycles. The summed E-state index contributed by atoms with van der Waals surface area (Å²) < 4.78 is 1.82. The molecule has 2 amide bonds. The molecular weight excluding hydrogens is 330 g/mol. The zero-order chi connectivity index (χ0) is 18.8. The molecule has 134 valence electrons. The van der Waals surface area contributed by atoms with E-state index in [2.05, 4.69) is 20.7 Å². The molecule has 2 N–H and O–H groups in total. The van der Waals surface area contributed by atoms with Gasteiger partial charge in [0.2, 0.25) is 0 Å². The highest BCUT2D eigenvalue weighted by molar-refractivity contribution is 6.10. The van der Waals surface area contributed by atoms with Gasteiger partial charge in [-0.3, -0.25) is 9.59 Å². The Morgan fingerprint density at radius 3 is 2.54 bits per heavy atom. The quantitative estimate of drug-likeness (QED) is 0.756. The molecular formula is C19H21N5O2. The molecule has 0 aliphatic rings. The molecule has 7 heteroatoms. The van der Waals surface area contributed by atoms with E-state index >= 15 is 0 Å². The smallest absolute Gasteiger partial charge is 0.257 e. The van der Waals surface area contributed by atoms with Crippen molar-refractivity contribution in [3.05, 3.63) is 53.3 Å². The summed E-state index contributed by atoms with van der Waals surface area (Å²) in [5, 5.41) is 10.5. The number of fused-ring (bicyclic) bond motifs is 1. The lowest BCUT2D eigenvalue weighted by Crippen LogP contribution is -2.22. The fraction of sp³-hybridized carbons (Fsp3) is 0.263. The number of nitrogens with zero attached hydrogens (tertiary/aromatic N) is 3.